The topological polar surface area (TPSA) is 46.2 Å². The van der Waals surface area contributed by atoms with Gasteiger partial charge in [-0.25, -0.2) is 0 Å². The molecule has 1 saturated carbocycles. The Morgan fingerprint density at radius 3 is 2.09 bits per heavy atom. The normalized spacial score (nSPS) is 39.5. The lowest BCUT2D eigenvalue weighted by molar-refractivity contribution is 0.0953. The maximum absolute atomic E-state index is 9.61. The van der Waals surface area contributed by atoms with Crippen LogP contribution in [0.15, 0.2) is 0 Å². The van der Waals surface area contributed by atoms with Crippen molar-refractivity contribution in [2.75, 3.05) is 0 Å². The highest BCUT2D eigenvalue weighted by atomic mass is 16.3. The van der Waals surface area contributed by atoms with Crippen LogP contribution in [0.25, 0.3) is 0 Å². The predicted octanol–water partition coefficient (Wildman–Crippen LogP) is 1.13. The van der Waals surface area contributed by atoms with E-state index in [1.165, 1.54) is 0 Å². The monoisotopic (exact) mass is 157 g/mol. The van der Waals surface area contributed by atoms with Crippen molar-refractivity contribution in [1.82, 2.24) is 0 Å². The third kappa shape index (κ3) is 1.94. The van der Waals surface area contributed by atoms with Crippen LogP contribution in [0.1, 0.15) is 33.6 Å². The van der Waals surface area contributed by atoms with E-state index in [2.05, 4.69) is 6.92 Å². The Bertz CT molecular complexity index is 139. The Morgan fingerprint density at radius 2 is 1.91 bits per heavy atom. The maximum Gasteiger partial charge on any atom is 0.0588 e. The average molecular weight is 157 g/mol. The number of aliphatic hydroxyl groups is 1. The van der Waals surface area contributed by atoms with Gasteiger partial charge in [0.05, 0.1) is 6.10 Å². The molecule has 3 atom stereocenters. The van der Waals surface area contributed by atoms with Gasteiger partial charge in [0.15, 0.2) is 0 Å². The molecule has 11 heavy (non-hydrogen) atoms. The molecule has 3 N–H and O–H groups in total. The van der Waals surface area contributed by atoms with Crippen molar-refractivity contribution in [2.24, 2.45) is 17.6 Å². The maximum atomic E-state index is 9.61. The molecule has 1 rings (SSSR count). The number of nitrogens with two attached hydrogens (primary N) is 1. The summed E-state index contributed by atoms with van der Waals surface area (Å²) < 4.78 is 0. The number of hydrogen-bond acceptors (Lipinski definition) is 2. The second-order valence-corrected chi connectivity index (χ2v) is 4.57. The summed E-state index contributed by atoms with van der Waals surface area (Å²) in [6.45, 7) is 6.17. The van der Waals surface area contributed by atoms with Crippen molar-refractivity contribution in [3.8, 4) is 0 Å². The van der Waals surface area contributed by atoms with E-state index >= 15 is 0 Å². The van der Waals surface area contributed by atoms with Crippen LogP contribution in [0, 0.1) is 11.8 Å². The zero-order valence-corrected chi connectivity index (χ0v) is 7.67. The Labute approximate surface area is 68.8 Å². The number of hydrogen-bond donors (Lipinski definition) is 2. The summed E-state index contributed by atoms with van der Waals surface area (Å²) in [5.74, 6) is 0.926. The second-order valence-electron chi connectivity index (χ2n) is 4.57. The molecule has 0 radical (unpaired) electrons. The summed E-state index contributed by atoms with van der Waals surface area (Å²) in [7, 11) is 0. The molecule has 2 heteroatoms. The van der Waals surface area contributed by atoms with Crippen LogP contribution in [-0.4, -0.2) is 16.7 Å². The van der Waals surface area contributed by atoms with Gasteiger partial charge in [-0.05, 0) is 32.6 Å². The van der Waals surface area contributed by atoms with Gasteiger partial charge in [0.25, 0.3) is 0 Å². The summed E-state index contributed by atoms with van der Waals surface area (Å²) in [4.78, 5) is 0. The first-order valence-electron chi connectivity index (χ1n) is 4.38. The zero-order valence-electron chi connectivity index (χ0n) is 7.67. The molecule has 0 aromatic carbocycles. The summed E-state index contributed by atoms with van der Waals surface area (Å²) in [5, 5.41) is 9.61. The Hall–Kier alpha value is -0.0800. The van der Waals surface area contributed by atoms with Gasteiger partial charge in [-0.2, -0.15) is 0 Å². The molecule has 3 unspecified atom stereocenters. The van der Waals surface area contributed by atoms with E-state index in [1.54, 1.807) is 0 Å². The van der Waals surface area contributed by atoms with Crippen molar-refractivity contribution in [3.05, 3.63) is 0 Å². The standard InChI is InChI=1S/C9H19NO/c1-6-4-7(8(11)5-6)9(2,3)10/h6-8,11H,4-5,10H2,1-3H3. The van der Waals surface area contributed by atoms with E-state index in [9.17, 15) is 5.11 Å². The molecule has 0 saturated heterocycles. The predicted molar refractivity (Wildman–Crippen MR) is 46.2 cm³/mol. The van der Waals surface area contributed by atoms with E-state index in [0.717, 1.165) is 12.8 Å². The van der Waals surface area contributed by atoms with Crippen LogP contribution in [0.5, 0.6) is 0 Å². The zero-order chi connectivity index (χ0) is 8.65. The highest BCUT2D eigenvalue weighted by Crippen LogP contribution is 2.36. The van der Waals surface area contributed by atoms with E-state index in [-0.39, 0.29) is 17.6 Å². The smallest absolute Gasteiger partial charge is 0.0588 e. The van der Waals surface area contributed by atoms with Crippen LogP contribution < -0.4 is 5.73 Å². The van der Waals surface area contributed by atoms with Gasteiger partial charge < -0.3 is 10.8 Å². The third-order valence-corrected chi connectivity index (χ3v) is 2.72. The van der Waals surface area contributed by atoms with Gasteiger partial charge in [0.1, 0.15) is 0 Å². The van der Waals surface area contributed by atoms with Gasteiger partial charge in [-0.15, -0.1) is 0 Å². The Morgan fingerprint density at radius 1 is 1.36 bits per heavy atom. The van der Waals surface area contributed by atoms with E-state index in [0.29, 0.717) is 5.92 Å². The molecular weight excluding hydrogens is 138 g/mol. The molecule has 0 bridgehead atoms. The van der Waals surface area contributed by atoms with Crippen LogP contribution in [0.4, 0.5) is 0 Å². The molecule has 0 aromatic heterocycles. The van der Waals surface area contributed by atoms with Crippen LogP contribution >= 0.6 is 0 Å². The van der Waals surface area contributed by atoms with Crippen molar-refractivity contribution < 1.29 is 5.11 Å². The Balaban J connectivity index is 2.60. The first-order valence-corrected chi connectivity index (χ1v) is 4.38. The molecule has 1 aliphatic rings. The molecule has 0 aromatic rings. The minimum atomic E-state index is -0.218. The molecular formula is C9H19NO. The largest absolute Gasteiger partial charge is 0.393 e. The quantitative estimate of drug-likeness (QED) is 0.599. The lowest BCUT2D eigenvalue weighted by Crippen LogP contribution is -2.44. The van der Waals surface area contributed by atoms with Crippen LogP contribution in [-0.2, 0) is 0 Å². The second kappa shape index (κ2) is 2.76. The summed E-state index contributed by atoms with van der Waals surface area (Å²) in [5.41, 5.74) is 5.72. The lowest BCUT2D eigenvalue weighted by atomic mass is 9.85. The fraction of sp³-hybridized carbons (Fsp3) is 1.00. The first-order chi connectivity index (χ1) is 4.91. The Kier molecular flexibility index (Phi) is 2.26. The molecule has 0 amide bonds. The molecule has 66 valence electrons. The minimum absolute atomic E-state index is 0.176. The van der Waals surface area contributed by atoms with Gasteiger partial charge in [-0.3, -0.25) is 0 Å². The minimum Gasteiger partial charge on any atom is -0.393 e. The molecule has 1 aliphatic carbocycles. The van der Waals surface area contributed by atoms with Crippen LogP contribution in [0.2, 0.25) is 0 Å². The first kappa shape index (κ1) is 9.01. The summed E-state index contributed by atoms with van der Waals surface area (Å²) >= 11 is 0. The number of aliphatic hydroxyl groups excluding tert-OH is 1. The number of rotatable bonds is 1. The highest BCUT2D eigenvalue weighted by molar-refractivity contribution is 4.93. The SMILES string of the molecule is CC1CC(O)C(C(C)(C)N)C1. The highest BCUT2D eigenvalue weighted by Gasteiger charge is 2.38. The van der Waals surface area contributed by atoms with E-state index < -0.39 is 0 Å². The average Bonchev–Trinajstić information content (AvgIpc) is 2.08. The van der Waals surface area contributed by atoms with Crippen molar-refractivity contribution >= 4 is 0 Å². The fourth-order valence-electron chi connectivity index (χ4n) is 2.06. The van der Waals surface area contributed by atoms with Gasteiger partial charge >= 0.3 is 0 Å². The van der Waals surface area contributed by atoms with Crippen LogP contribution in [0.3, 0.4) is 0 Å². The van der Waals surface area contributed by atoms with E-state index in [4.69, 9.17) is 5.73 Å². The van der Waals surface area contributed by atoms with Crippen molar-refractivity contribution in [1.29, 1.82) is 0 Å². The molecule has 1 fully saturated rings. The fourth-order valence-corrected chi connectivity index (χ4v) is 2.06. The summed E-state index contributed by atoms with van der Waals surface area (Å²) in [6, 6.07) is 0. The van der Waals surface area contributed by atoms with Gasteiger partial charge in [0, 0.05) is 11.5 Å². The van der Waals surface area contributed by atoms with Crippen molar-refractivity contribution in [2.45, 2.75) is 45.3 Å². The van der Waals surface area contributed by atoms with Crippen molar-refractivity contribution in [3.63, 3.8) is 0 Å². The van der Waals surface area contributed by atoms with Gasteiger partial charge in [0.2, 0.25) is 0 Å². The lowest BCUT2D eigenvalue weighted by Gasteiger charge is -2.29. The third-order valence-electron chi connectivity index (χ3n) is 2.72. The molecule has 0 aliphatic heterocycles. The van der Waals surface area contributed by atoms with Gasteiger partial charge in [-0.1, -0.05) is 6.92 Å². The molecule has 0 heterocycles. The van der Waals surface area contributed by atoms with E-state index in [1.807, 2.05) is 13.8 Å². The molecule has 0 spiro atoms. The summed E-state index contributed by atoms with van der Waals surface area (Å²) in [6.07, 6.45) is 1.82. The molecule has 2 nitrogen and oxygen atoms in total.